The highest BCUT2D eigenvalue weighted by Gasteiger charge is 2.50. The number of nitrogens with one attached hydrogen (secondary N) is 2. The minimum Gasteiger partial charge on any atom is -0.496 e. The van der Waals surface area contributed by atoms with Crippen molar-refractivity contribution in [3.8, 4) is 5.75 Å². The Balaban J connectivity index is 0.00000231. The van der Waals surface area contributed by atoms with Gasteiger partial charge in [-0.05, 0) is 55.4 Å². The van der Waals surface area contributed by atoms with E-state index in [1.54, 1.807) is 7.11 Å². The zero-order valence-electron chi connectivity index (χ0n) is 18.4. The molecule has 5 rings (SSSR count). The van der Waals surface area contributed by atoms with E-state index in [1.165, 1.54) is 11.1 Å². The van der Waals surface area contributed by atoms with Gasteiger partial charge in [-0.15, -0.1) is 12.4 Å². The average Bonchev–Trinajstić information content (AvgIpc) is 3.58. The Hall–Kier alpha value is -2.08. The fourth-order valence-electron chi connectivity index (χ4n) is 5.27. The highest BCUT2D eigenvalue weighted by molar-refractivity contribution is 6.01. The molecule has 1 unspecified atom stereocenters. The number of anilines is 1. The lowest BCUT2D eigenvalue weighted by Crippen LogP contribution is -2.49. The number of carbonyl (C=O) groups is 1. The zero-order chi connectivity index (χ0) is 20.8. The predicted molar refractivity (Wildman–Crippen MR) is 126 cm³/mol. The minimum atomic E-state index is 0. The van der Waals surface area contributed by atoms with Crippen LogP contribution in [0.2, 0.25) is 0 Å². The van der Waals surface area contributed by atoms with E-state index >= 15 is 0 Å². The molecule has 1 amide bonds. The number of carbonyl (C=O) groups excluding carboxylic acids is 1. The molecule has 2 aliphatic heterocycles. The molecule has 31 heavy (non-hydrogen) atoms. The van der Waals surface area contributed by atoms with Gasteiger partial charge in [0.2, 0.25) is 5.91 Å². The first-order chi connectivity index (χ1) is 14.6. The number of fused-ring (bicyclic) bond motifs is 3. The Morgan fingerprint density at radius 2 is 1.94 bits per heavy atom. The van der Waals surface area contributed by atoms with Crippen LogP contribution in [0.25, 0.3) is 0 Å². The van der Waals surface area contributed by atoms with Crippen molar-refractivity contribution in [2.75, 3.05) is 19.1 Å². The van der Waals surface area contributed by atoms with Crippen molar-refractivity contribution in [1.29, 1.82) is 0 Å². The number of nitrogens with zero attached hydrogens (tertiary/aromatic N) is 1. The Morgan fingerprint density at radius 3 is 2.68 bits per heavy atom. The molecule has 6 heteroatoms. The van der Waals surface area contributed by atoms with Gasteiger partial charge in [0.1, 0.15) is 5.75 Å². The molecular formula is C25H32ClN3O2. The van der Waals surface area contributed by atoms with Gasteiger partial charge in [-0.25, -0.2) is 0 Å². The standard InChI is InChI=1S/C25H31N3O2.ClH/c1-15-9-10-21(24(27-15)16-7-5-4-6-8-16)26-14-17-11-22-19(13-23(17)30-3)18-12-20(18)25(29)28(22)2;/h4-8,11,13,15,18,20-21,24,26-27H,9-10,12,14H2,1-3H3;1H/t15-,18?,20-,21-,24-;/m1./s1. The van der Waals surface area contributed by atoms with Crippen LogP contribution >= 0.6 is 12.4 Å². The number of methoxy groups -OCH3 is 1. The van der Waals surface area contributed by atoms with Gasteiger partial charge in [-0.2, -0.15) is 0 Å². The molecule has 1 aliphatic carbocycles. The van der Waals surface area contributed by atoms with Gasteiger partial charge < -0.3 is 20.3 Å². The molecule has 0 bridgehead atoms. The van der Waals surface area contributed by atoms with Gasteiger partial charge in [0.05, 0.1) is 7.11 Å². The fraction of sp³-hybridized carbons (Fsp3) is 0.480. The summed E-state index contributed by atoms with van der Waals surface area (Å²) in [5.74, 6) is 1.73. The SMILES string of the molecule is COc1cc2c(cc1CN[C@@H]1CC[C@@H](C)N[C@@H]1c1ccccc1)N(C)C(=O)[C@@H]1CC21.Cl. The number of benzene rings is 2. The normalized spacial score (nSPS) is 28.9. The van der Waals surface area contributed by atoms with Gasteiger partial charge in [0, 0.05) is 48.9 Å². The average molecular weight is 442 g/mol. The van der Waals surface area contributed by atoms with Crippen molar-refractivity contribution < 1.29 is 9.53 Å². The number of rotatable bonds is 5. The van der Waals surface area contributed by atoms with Crippen LogP contribution in [-0.2, 0) is 11.3 Å². The zero-order valence-corrected chi connectivity index (χ0v) is 19.2. The van der Waals surface area contributed by atoms with Crippen LogP contribution in [0.5, 0.6) is 5.75 Å². The van der Waals surface area contributed by atoms with Crippen molar-refractivity contribution in [1.82, 2.24) is 10.6 Å². The summed E-state index contributed by atoms with van der Waals surface area (Å²) < 4.78 is 5.75. The van der Waals surface area contributed by atoms with Crippen LogP contribution in [0.1, 0.15) is 54.8 Å². The maximum atomic E-state index is 12.5. The second-order valence-electron chi connectivity index (χ2n) is 9.09. The van der Waals surface area contributed by atoms with Crippen LogP contribution in [0.15, 0.2) is 42.5 Å². The van der Waals surface area contributed by atoms with E-state index in [1.807, 2.05) is 11.9 Å². The first-order valence-electron chi connectivity index (χ1n) is 11.1. The van der Waals surface area contributed by atoms with Gasteiger partial charge >= 0.3 is 0 Å². The van der Waals surface area contributed by atoms with Crippen molar-refractivity contribution >= 4 is 24.0 Å². The molecule has 3 aliphatic rings. The van der Waals surface area contributed by atoms with Crippen molar-refractivity contribution in [2.24, 2.45) is 5.92 Å². The van der Waals surface area contributed by atoms with Crippen LogP contribution in [0, 0.1) is 5.92 Å². The molecule has 5 atom stereocenters. The lowest BCUT2D eigenvalue weighted by atomic mass is 9.89. The third-order valence-electron chi connectivity index (χ3n) is 7.12. The van der Waals surface area contributed by atoms with Crippen LogP contribution in [0.3, 0.4) is 0 Å². The number of halogens is 1. The maximum absolute atomic E-state index is 12.5. The first kappa shape index (κ1) is 22.1. The third kappa shape index (κ3) is 4.07. The molecule has 1 saturated heterocycles. The number of ether oxygens (including phenoxy) is 1. The van der Waals surface area contributed by atoms with E-state index in [-0.39, 0.29) is 30.3 Å². The molecule has 1 saturated carbocycles. The minimum absolute atomic E-state index is 0. The Morgan fingerprint density at radius 1 is 1.16 bits per heavy atom. The number of piperidine rings is 1. The molecule has 0 radical (unpaired) electrons. The van der Waals surface area contributed by atoms with Crippen molar-refractivity contribution in [3.63, 3.8) is 0 Å². The molecule has 5 nitrogen and oxygen atoms in total. The quantitative estimate of drug-likeness (QED) is 0.731. The molecule has 2 heterocycles. The second-order valence-corrected chi connectivity index (χ2v) is 9.09. The van der Waals surface area contributed by atoms with Crippen molar-refractivity contribution in [2.45, 2.75) is 56.8 Å². The van der Waals surface area contributed by atoms with Crippen molar-refractivity contribution in [3.05, 3.63) is 59.2 Å². The topological polar surface area (TPSA) is 53.6 Å². The lowest BCUT2D eigenvalue weighted by Gasteiger charge is -2.37. The number of amides is 1. The fourth-order valence-corrected chi connectivity index (χ4v) is 5.27. The number of hydrogen-bond donors (Lipinski definition) is 2. The van der Waals surface area contributed by atoms with E-state index in [0.717, 1.165) is 42.8 Å². The highest BCUT2D eigenvalue weighted by Crippen LogP contribution is 2.56. The van der Waals surface area contributed by atoms with E-state index in [0.29, 0.717) is 18.0 Å². The summed E-state index contributed by atoms with van der Waals surface area (Å²) in [7, 11) is 3.64. The molecule has 2 aromatic carbocycles. The summed E-state index contributed by atoms with van der Waals surface area (Å²) in [6.07, 6.45) is 3.26. The first-order valence-corrected chi connectivity index (χ1v) is 11.1. The number of hydrogen-bond acceptors (Lipinski definition) is 4. The van der Waals surface area contributed by atoms with E-state index < -0.39 is 0 Å². The van der Waals surface area contributed by atoms with Crippen LogP contribution in [-0.4, -0.2) is 32.1 Å². The van der Waals surface area contributed by atoms with Crippen LogP contribution < -0.4 is 20.3 Å². The Bertz CT molecular complexity index is 951. The monoisotopic (exact) mass is 441 g/mol. The molecular weight excluding hydrogens is 410 g/mol. The van der Waals surface area contributed by atoms with Gasteiger partial charge in [0.25, 0.3) is 0 Å². The van der Waals surface area contributed by atoms with Crippen LogP contribution in [0.4, 0.5) is 5.69 Å². The Labute approximate surface area is 191 Å². The largest absolute Gasteiger partial charge is 0.496 e. The van der Waals surface area contributed by atoms with Gasteiger partial charge in [0.15, 0.2) is 0 Å². The Kier molecular flexibility index (Phi) is 6.29. The van der Waals surface area contributed by atoms with Gasteiger partial charge in [-0.1, -0.05) is 30.3 Å². The predicted octanol–water partition coefficient (Wildman–Crippen LogP) is 4.17. The summed E-state index contributed by atoms with van der Waals surface area (Å²) in [5.41, 5.74) is 4.74. The maximum Gasteiger partial charge on any atom is 0.230 e. The smallest absolute Gasteiger partial charge is 0.230 e. The molecule has 2 aromatic rings. The summed E-state index contributed by atoms with van der Waals surface area (Å²) >= 11 is 0. The third-order valence-corrected chi connectivity index (χ3v) is 7.12. The second kappa shape index (κ2) is 8.81. The highest BCUT2D eigenvalue weighted by atomic mass is 35.5. The lowest BCUT2D eigenvalue weighted by molar-refractivity contribution is -0.119. The summed E-state index contributed by atoms with van der Waals surface area (Å²) in [4.78, 5) is 14.3. The van der Waals surface area contributed by atoms with E-state index in [9.17, 15) is 4.79 Å². The van der Waals surface area contributed by atoms with Gasteiger partial charge in [-0.3, -0.25) is 4.79 Å². The molecule has 0 spiro atoms. The summed E-state index contributed by atoms with van der Waals surface area (Å²) in [5, 5.41) is 7.57. The molecule has 2 fully saturated rings. The van der Waals surface area contributed by atoms with E-state index in [2.05, 4.69) is 60.0 Å². The molecule has 166 valence electrons. The summed E-state index contributed by atoms with van der Waals surface area (Å²) in [6.45, 7) is 2.98. The molecule has 0 aromatic heterocycles. The van der Waals surface area contributed by atoms with E-state index in [4.69, 9.17) is 4.74 Å². The summed E-state index contributed by atoms with van der Waals surface area (Å²) in [6, 6.07) is 16.2. The molecule has 2 N–H and O–H groups in total.